The maximum absolute atomic E-state index is 8.97. The summed E-state index contributed by atoms with van der Waals surface area (Å²) in [4.78, 5) is 2.32. The summed E-state index contributed by atoms with van der Waals surface area (Å²) in [6.07, 6.45) is 4.75. The summed E-state index contributed by atoms with van der Waals surface area (Å²) in [5.41, 5.74) is 0. The third-order valence-electron chi connectivity index (χ3n) is 2.63. The third-order valence-corrected chi connectivity index (χ3v) is 2.63. The summed E-state index contributed by atoms with van der Waals surface area (Å²) < 4.78 is 0. The fourth-order valence-electron chi connectivity index (χ4n) is 1.68. The molecule has 1 unspecified atom stereocenters. The predicted octanol–water partition coefficient (Wildman–Crippen LogP) is 2.39. The van der Waals surface area contributed by atoms with E-state index in [-0.39, 0.29) is 6.04 Å². The topological polar surface area (TPSA) is 39.1 Å². The standard InChI is InChI=1S/C13H27N3/c1-5-6-7-9-16(4)10-8-13(11-14)15-12(2)3/h12-13,15H,5-10H2,1-4H3. The van der Waals surface area contributed by atoms with E-state index in [9.17, 15) is 0 Å². The first-order chi connectivity index (χ1) is 7.60. The average Bonchev–Trinajstić information content (AvgIpc) is 2.24. The lowest BCUT2D eigenvalue weighted by Gasteiger charge is -2.20. The molecule has 0 radical (unpaired) electrons. The van der Waals surface area contributed by atoms with Gasteiger partial charge in [0, 0.05) is 12.6 Å². The fraction of sp³-hybridized carbons (Fsp3) is 0.923. The Morgan fingerprint density at radius 2 is 1.94 bits per heavy atom. The van der Waals surface area contributed by atoms with Gasteiger partial charge in [0.1, 0.15) is 0 Å². The van der Waals surface area contributed by atoms with Crippen LogP contribution in [0, 0.1) is 11.3 Å². The van der Waals surface area contributed by atoms with Crippen LogP contribution in [0.3, 0.4) is 0 Å². The number of hydrogen-bond donors (Lipinski definition) is 1. The first-order valence-electron chi connectivity index (χ1n) is 6.44. The molecule has 3 heteroatoms. The smallest absolute Gasteiger partial charge is 0.0967 e. The molecule has 0 aliphatic heterocycles. The molecule has 94 valence electrons. The summed E-state index contributed by atoms with van der Waals surface area (Å²) in [6.45, 7) is 8.53. The Bertz CT molecular complexity index is 196. The molecule has 0 saturated heterocycles. The molecule has 0 aromatic heterocycles. The van der Waals surface area contributed by atoms with Gasteiger partial charge >= 0.3 is 0 Å². The van der Waals surface area contributed by atoms with Crippen LogP contribution in [0.5, 0.6) is 0 Å². The van der Waals surface area contributed by atoms with Crippen molar-refractivity contribution in [3.63, 3.8) is 0 Å². The van der Waals surface area contributed by atoms with Crippen molar-refractivity contribution >= 4 is 0 Å². The molecule has 0 fully saturated rings. The van der Waals surface area contributed by atoms with Crippen LogP contribution in [0.1, 0.15) is 46.5 Å². The van der Waals surface area contributed by atoms with E-state index in [2.05, 4.69) is 44.1 Å². The van der Waals surface area contributed by atoms with Crippen molar-refractivity contribution in [3.8, 4) is 6.07 Å². The number of nitriles is 1. The highest BCUT2D eigenvalue weighted by Gasteiger charge is 2.09. The van der Waals surface area contributed by atoms with Crippen LogP contribution in [-0.4, -0.2) is 37.1 Å². The average molecular weight is 225 g/mol. The molecule has 0 heterocycles. The number of rotatable bonds is 9. The van der Waals surface area contributed by atoms with Gasteiger partial charge in [-0.2, -0.15) is 5.26 Å². The lowest BCUT2D eigenvalue weighted by atomic mass is 10.2. The van der Waals surface area contributed by atoms with Crippen molar-refractivity contribution in [1.29, 1.82) is 5.26 Å². The summed E-state index contributed by atoms with van der Waals surface area (Å²) in [6, 6.07) is 2.70. The zero-order valence-electron chi connectivity index (χ0n) is 11.3. The van der Waals surface area contributed by atoms with E-state index in [0.29, 0.717) is 6.04 Å². The van der Waals surface area contributed by atoms with E-state index < -0.39 is 0 Å². The quantitative estimate of drug-likeness (QED) is 0.612. The maximum atomic E-state index is 8.97. The zero-order chi connectivity index (χ0) is 12.4. The second-order valence-corrected chi connectivity index (χ2v) is 4.80. The van der Waals surface area contributed by atoms with Gasteiger partial charge in [0.2, 0.25) is 0 Å². The van der Waals surface area contributed by atoms with Crippen molar-refractivity contribution in [1.82, 2.24) is 10.2 Å². The lowest BCUT2D eigenvalue weighted by molar-refractivity contribution is 0.307. The Morgan fingerprint density at radius 3 is 2.44 bits per heavy atom. The highest BCUT2D eigenvalue weighted by atomic mass is 15.1. The van der Waals surface area contributed by atoms with E-state index >= 15 is 0 Å². The van der Waals surface area contributed by atoms with Gasteiger partial charge < -0.3 is 4.90 Å². The Labute approximate surface area is 101 Å². The van der Waals surface area contributed by atoms with Crippen molar-refractivity contribution in [2.75, 3.05) is 20.1 Å². The Hall–Kier alpha value is -0.590. The van der Waals surface area contributed by atoms with Gasteiger partial charge in [-0.05, 0) is 40.3 Å². The number of nitrogens with one attached hydrogen (secondary N) is 1. The Kier molecular flexibility index (Phi) is 9.27. The minimum Gasteiger partial charge on any atom is -0.306 e. The highest BCUT2D eigenvalue weighted by molar-refractivity contribution is 4.90. The SMILES string of the molecule is CCCCCN(C)CCC(C#N)NC(C)C. The third kappa shape index (κ3) is 8.70. The van der Waals surface area contributed by atoms with E-state index in [4.69, 9.17) is 5.26 Å². The molecule has 16 heavy (non-hydrogen) atoms. The van der Waals surface area contributed by atoms with E-state index in [1.165, 1.54) is 19.3 Å². The Morgan fingerprint density at radius 1 is 1.25 bits per heavy atom. The molecule has 0 aliphatic rings. The molecular weight excluding hydrogens is 198 g/mol. The molecule has 0 spiro atoms. The van der Waals surface area contributed by atoms with Crippen LogP contribution >= 0.6 is 0 Å². The zero-order valence-corrected chi connectivity index (χ0v) is 11.3. The highest BCUT2D eigenvalue weighted by Crippen LogP contribution is 1.99. The molecule has 3 nitrogen and oxygen atoms in total. The number of nitrogens with zero attached hydrogens (tertiary/aromatic N) is 2. The number of hydrogen-bond acceptors (Lipinski definition) is 3. The molecule has 0 aromatic carbocycles. The van der Waals surface area contributed by atoms with Crippen LogP contribution in [-0.2, 0) is 0 Å². The molecule has 0 saturated carbocycles. The molecule has 1 N–H and O–H groups in total. The van der Waals surface area contributed by atoms with Crippen LogP contribution in [0.4, 0.5) is 0 Å². The van der Waals surface area contributed by atoms with Gasteiger partial charge in [0.15, 0.2) is 0 Å². The molecular formula is C13H27N3. The summed E-state index contributed by atoms with van der Waals surface area (Å²) in [5.74, 6) is 0. The van der Waals surface area contributed by atoms with E-state index in [1.807, 2.05) is 0 Å². The minimum absolute atomic E-state index is 0.00590. The first-order valence-corrected chi connectivity index (χ1v) is 6.44. The molecule has 0 amide bonds. The molecule has 0 rings (SSSR count). The van der Waals surface area contributed by atoms with Crippen molar-refractivity contribution < 1.29 is 0 Å². The van der Waals surface area contributed by atoms with Gasteiger partial charge in [0.05, 0.1) is 12.1 Å². The van der Waals surface area contributed by atoms with Gasteiger partial charge in [-0.15, -0.1) is 0 Å². The van der Waals surface area contributed by atoms with Crippen molar-refractivity contribution in [2.24, 2.45) is 0 Å². The van der Waals surface area contributed by atoms with Crippen LogP contribution in [0.15, 0.2) is 0 Å². The first kappa shape index (κ1) is 15.4. The van der Waals surface area contributed by atoms with Gasteiger partial charge in [-0.25, -0.2) is 0 Å². The van der Waals surface area contributed by atoms with Gasteiger partial charge in [0.25, 0.3) is 0 Å². The minimum atomic E-state index is -0.00590. The fourth-order valence-corrected chi connectivity index (χ4v) is 1.68. The van der Waals surface area contributed by atoms with E-state index in [1.54, 1.807) is 0 Å². The molecule has 0 aromatic rings. The molecule has 0 aliphatic carbocycles. The van der Waals surface area contributed by atoms with Crippen LogP contribution in [0.2, 0.25) is 0 Å². The monoisotopic (exact) mass is 225 g/mol. The molecule has 0 bridgehead atoms. The Balaban J connectivity index is 3.63. The summed E-state index contributed by atoms with van der Waals surface area (Å²) in [5, 5.41) is 12.2. The van der Waals surface area contributed by atoms with E-state index in [0.717, 1.165) is 19.5 Å². The normalized spacial score (nSPS) is 13.1. The second kappa shape index (κ2) is 9.62. The van der Waals surface area contributed by atoms with Crippen LogP contribution < -0.4 is 5.32 Å². The largest absolute Gasteiger partial charge is 0.306 e. The van der Waals surface area contributed by atoms with Crippen molar-refractivity contribution in [2.45, 2.75) is 58.5 Å². The molecule has 1 atom stereocenters. The van der Waals surface area contributed by atoms with Crippen molar-refractivity contribution in [3.05, 3.63) is 0 Å². The summed E-state index contributed by atoms with van der Waals surface area (Å²) >= 11 is 0. The van der Waals surface area contributed by atoms with Crippen LogP contribution in [0.25, 0.3) is 0 Å². The summed E-state index contributed by atoms with van der Waals surface area (Å²) in [7, 11) is 2.14. The van der Waals surface area contributed by atoms with Gasteiger partial charge in [-0.1, -0.05) is 19.8 Å². The number of unbranched alkanes of at least 4 members (excludes halogenated alkanes) is 2. The van der Waals surface area contributed by atoms with Gasteiger partial charge in [-0.3, -0.25) is 5.32 Å². The second-order valence-electron chi connectivity index (χ2n) is 4.80. The predicted molar refractivity (Wildman–Crippen MR) is 69.3 cm³/mol. The lowest BCUT2D eigenvalue weighted by Crippen LogP contribution is -2.36. The maximum Gasteiger partial charge on any atom is 0.0967 e.